The van der Waals surface area contributed by atoms with Crippen molar-refractivity contribution in [3.63, 3.8) is 0 Å². The van der Waals surface area contributed by atoms with Crippen LogP contribution in [0.5, 0.6) is 0 Å². The van der Waals surface area contributed by atoms with Crippen molar-refractivity contribution in [2.45, 2.75) is 46.0 Å². The molecule has 3 aliphatic rings. The molecule has 0 aromatic rings. The van der Waals surface area contributed by atoms with Crippen LogP contribution in [0.15, 0.2) is 0 Å². The first-order chi connectivity index (χ1) is 11.0. The van der Waals surface area contributed by atoms with Gasteiger partial charge in [0.15, 0.2) is 0 Å². The van der Waals surface area contributed by atoms with Gasteiger partial charge in [0.05, 0.1) is 5.41 Å². The second kappa shape index (κ2) is 6.80. The molecule has 2 saturated heterocycles. The van der Waals surface area contributed by atoms with Gasteiger partial charge in [-0.2, -0.15) is 0 Å². The van der Waals surface area contributed by atoms with E-state index in [1.54, 1.807) is 0 Å². The molecule has 0 spiro atoms. The average Bonchev–Trinajstić information content (AvgIpc) is 2.84. The van der Waals surface area contributed by atoms with Gasteiger partial charge in [0.1, 0.15) is 0 Å². The molecule has 1 saturated carbocycles. The zero-order valence-corrected chi connectivity index (χ0v) is 14.6. The fraction of sp³-hybridized carbons (Fsp3) is 0.889. The number of carbonyl (C=O) groups is 2. The largest absolute Gasteiger partial charge is 0.341 e. The van der Waals surface area contributed by atoms with Crippen LogP contribution in [0.4, 0.5) is 0 Å². The molecular formula is C18H31N3O2. The Hall–Kier alpha value is -1.10. The molecule has 0 radical (unpaired) electrons. The van der Waals surface area contributed by atoms with Crippen LogP contribution in [0.3, 0.4) is 0 Å². The highest BCUT2D eigenvalue weighted by Crippen LogP contribution is 2.45. The summed E-state index contributed by atoms with van der Waals surface area (Å²) in [7, 11) is 0. The van der Waals surface area contributed by atoms with Crippen LogP contribution in [0, 0.1) is 17.3 Å². The number of rotatable bonds is 2. The van der Waals surface area contributed by atoms with Crippen molar-refractivity contribution in [3.8, 4) is 0 Å². The van der Waals surface area contributed by atoms with E-state index in [9.17, 15) is 9.59 Å². The average molecular weight is 321 g/mol. The van der Waals surface area contributed by atoms with Crippen LogP contribution in [0.1, 0.15) is 46.0 Å². The van der Waals surface area contributed by atoms with Crippen molar-refractivity contribution in [2.75, 3.05) is 39.3 Å². The predicted molar refractivity (Wildman–Crippen MR) is 89.9 cm³/mol. The van der Waals surface area contributed by atoms with Crippen molar-refractivity contribution < 1.29 is 9.59 Å². The first-order valence-corrected chi connectivity index (χ1v) is 9.33. The normalized spacial score (nSPS) is 31.9. The number of nitrogens with zero attached hydrogens (tertiary/aromatic N) is 2. The minimum atomic E-state index is -0.157. The van der Waals surface area contributed by atoms with Crippen molar-refractivity contribution in [1.29, 1.82) is 0 Å². The highest BCUT2D eigenvalue weighted by atomic mass is 16.2. The van der Waals surface area contributed by atoms with Crippen LogP contribution < -0.4 is 5.32 Å². The molecule has 0 aromatic carbocycles. The summed E-state index contributed by atoms with van der Waals surface area (Å²) in [6.45, 7) is 8.73. The van der Waals surface area contributed by atoms with Gasteiger partial charge in [-0.3, -0.25) is 9.59 Å². The summed E-state index contributed by atoms with van der Waals surface area (Å²) >= 11 is 0. The van der Waals surface area contributed by atoms with Gasteiger partial charge in [-0.05, 0) is 31.7 Å². The van der Waals surface area contributed by atoms with Crippen molar-refractivity contribution in [3.05, 3.63) is 0 Å². The second-order valence-corrected chi connectivity index (χ2v) is 7.86. The summed E-state index contributed by atoms with van der Waals surface area (Å²) in [6, 6.07) is 0. The zero-order valence-electron chi connectivity index (χ0n) is 14.6. The van der Waals surface area contributed by atoms with E-state index in [1.165, 1.54) is 19.3 Å². The molecule has 0 bridgehead atoms. The fourth-order valence-electron chi connectivity index (χ4n) is 4.69. The van der Waals surface area contributed by atoms with Crippen molar-refractivity contribution >= 4 is 11.8 Å². The number of fused-ring (bicyclic) bond motifs is 1. The highest BCUT2D eigenvalue weighted by Gasteiger charge is 2.51. The third kappa shape index (κ3) is 3.12. The molecule has 3 rings (SSSR count). The quantitative estimate of drug-likeness (QED) is 0.838. The Labute approximate surface area is 139 Å². The summed E-state index contributed by atoms with van der Waals surface area (Å²) in [4.78, 5) is 29.5. The molecule has 0 aromatic heterocycles. The van der Waals surface area contributed by atoms with Crippen molar-refractivity contribution in [1.82, 2.24) is 15.1 Å². The van der Waals surface area contributed by atoms with Gasteiger partial charge in [0.25, 0.3) is 0 Å². The zero-order chi connectivity index (χ0) is 16.4. The number of hydrogen-bond donors (Lipinski definition) is 1. The van der Waals surface area contributed by atoms with Gasteiger partial charge in [0.2, 0.25) is 11.8 Å². The molecule has 5 heteroatoms. The smallest absolute Gasteiger partial charge is 0.230 e. The number of amides is 2. The first-order valence-electron chi connectivity index (χ1n) is 9.33. The Kier molecular flexibility index (Phi) is 4.95. The van der Waals surface area contributed by atoms with Crippen LogP contribution >= 0.6 is 0 Å². The second-order valence-electron chi connectivity index (χ2n) is 7.86. The standard InChI is InChI=1S/C18H31N3O2/c1-14(2)16(22)20-8-5-9-21(11-10-20)17(23)18-7-4-3-6-15(18)12-19-13-18/h14-15,19H,3-13H2,1-2H3/t15-,18+/m0/s1. The van der Waals surface area contributed by atoms with E-state index in [-0.39, 0.29) is 17.2 Å². The monoisotopic (exact) mass is 321 g/mol. The molecule has 2 amide bonds. The Morgan fingerprint density at radius 1 is 1.04 bits per heavy atom. The number of nitrogens with one attached hydrogen (secondary N) is 1. The van der Waals surface area contributed by atoms with Crippen molar-refractivity contribution in [2.24, 2.45) is 17.3 Å². The molecular weight excluding hydrogens is 290 g/mol. The van der Waals surface area contributed by atoms with E-state index in [0.717, 1.165) is 39.0 Å². The Bertz CT molecular complexity index is 465. The van der Waals surface area contributed by atoms with E-state index in [2.05, 4.69) is 10.2 Å². The minimum Gasteiger partial charge on any atom is -0.341 e. The lowest BCUT2D eigenvalue weighted by Crippen LogP contribution is -2.50. The third-order valence-electron chi connectivity index (χ3n) is 6.05. The molecule has 2 atom stereocenters. The molecule has 2 aliphatic heterocycles. The van der Waals surface area contributed by atoms with Gasteiger partial charge < -0.3 is 15.1 Å². The number of carbonyl (C=O) groups excluding carboxylic acids is 2. The number of hydrogen-bond acceptors (Lipinski definition) is 3. The summed E-state index contributed by atoms with van der Waals surface area (Å²) < 4.78 is 0. The van der Waals surface area contributed by atoms with Gasteiger partial charge in [-0.25, -0.2) is 0 Å². The summed E-state index contributed by atoms with van der Waals surface area (Å²) in [6.07, 6.45) is 5.56. The molecule has 23 heavy (non-hydrogen) atoms. The minimum absolute atomic E-state index is 0.0394. The maximum Gasteiger partial charge on any atom is 0.230 e. The van der Waals surface area contributed by atoms with Gasteiger partial charge >= 0.3 is 0 Å². The van der Waals surface area contributed by atoms with E-state index < -0.39 is 0 Å². The lowest BCUT2D eigenvalue weighted by Gasteiger charge is -2.40. The van der Waals surface area contributed by atoms with Crippen LogP contribution in [-0.4, -0.2) is 60.9 Å². The first kappa shape index (κ1) is 16.7. The highest BCUT2D eigenvalue weighted by molar-refractivity contribution is 5.84. The Balaban J connectivity index is 1.67. The van der Waals surface area contributed by atoms with E-state index in [0.29, 0.717) is 24.9 Å². The Morgan fingerprint density at radius 3 is 2.57 bits per heavy atom. The van der Waals surface area contributed by atoms with Crippen LogP contribution in [0.2, 0.25) is 0 Å². The van der Waals surface area contributed by atoms with E-state index in [1.807, 2.05) is 18.7 Å². The maximum atomic E-state index is 13.3. The summed E-state index contributed by atoms with van der Waals surface area (Å²) in [5, 5.41) is 3.47. The fourth-order valence-corrected chi connectivity index (χ4v) is 4.69. The lowest BCUT2D eigenvalue weighted by atomic mass is 9.67. The molecule has 130 valence electrons. The predicted octanol–water partition coefficient (Wildman–Crippen LogP) is 1.48. The molecule has 0 unspecified atom stereocenters. The van der Waals surface area contributed by atoms with Crippen LogP contribution in [-0.2, 0) is 9.59 Å². The van der Waals surface area contributed by atoms with E-state index >= 15 is 0 Å². The van der Waals surface area contributed by atoms with Crippen LogP contribution in [0.25, 0.3) is 0 Å². The topological polar surface area (TPSA) is 52.7 Å². The lowest BCUT2D eigenvalue weighted by molar-refractivity contribution is -0.145. The van der Waals surface area contributed by atoms with E-state index in [4.69, 9.17) is 0 Å². The maximum absolute atomic E-state index is 13.3. The SMILES string of the molecule is CC(C)C(=O)N1CCCN(C(=O)[C@@]23CCCC[C@H]2CNC3)CC1. The summed E-state index contributed by atoms with van der Waals surface area (Å²) in [5.74, 6) is 1.12. The molecule has 1 N–H and O–H groups in total. The van der Waals surface area contributed by atoms with Gasteiger partial charge in [0, 0.05) is 38.6 Å². The Morgan fingerprint density at radius 2 is 1.78 bits per heavy atom. The molecule has 1 aliphatic carbocycles. The molecule has 3 fully saturated rings. The van der Waals surface area contributed by atoms with Gasteiger partial charge in [-0.15, -0.1) is 0 Å². The molecule has 5 nitrogen and oxygen atoms in total. The van der Waals surface area contributed by atoms with Gasteiger partial charge in [-0.1, -0.05) is 26.7 Å². The molecule has 2 heterocycles. The summed E-state index contributed by atoms with van der Waals surface area (Å²) in [5.41, 5.74) is -0.157. The third-order valence-corrected chi connectivity index (χ3v) is 6.05.